The first-order valence-electron chi connectivity index (χ1n) is 12.1. The molecule has 0 aliphatic carbocycles. The van der Waals surface area contributed by atoms with Crippen LogP contribution in [0.25, 0.3) is 0 Å². The molecule has 0 unspecified atom stereocenters. The number of carbonyl (C=O) groups excluding carboxylic acids is 1. The first-order valence-corrected chi connectivity index (χ1v) is 12.8. The summed E-state index contributed by atoms with van der Waals surface area (Å²) in [5.74, 6) is 0.381. The summed E-state index contributed by atoms with van der Waals surface area (Å²) >= 11 is 11.9. The number of phenolic OH excluding ortho intramolecular Hbond substituents is 1. The molecule has 1 fully saturated rings. The van der Waals surface area contributed by atoms with E-state index in [1.54, 1.807) is 6.21 Å². The number of hydrogen-bond donors (Lipinski definition) is 2. The monoisotopic (exact) mass is 542 g/mol. The average molecular weight is 543 g/mol. The lowest BCUT2D eigenvalue weighted by Gasteiger charge is -2.36. The number of carbonyl (C=O) groups is 1. The molecule has 1 heterocycles. The minimum Gasteiger partial charge on any atom is -0.506 e. The molecule has 2 N–H and O–H groups in total. The zero-order valence-corrected chi connectivity index (χ0v) is 22.4. The number of piperazine rings is 1. The van der Waals surface area contributed by atoms with Gasteiger partial charge in [0.2, 0.25) is 0 Å². The molecule has 3 aromatic rings. The lowest BCUT2D eigenvalue weighted by Crippen LogP contribution is -2.47. The molecular formula is C28H32Cl2N4O3. The summed E-state index contributed by atoms with van der Waals surface area (Å²) in [6, 6.07) is 16.2. The SMILES string of the molecule is Cc1cc(/C=N/NC(=O)c2ccc(O)c(Cl)c2)cc(C)c1OCCN1CCN(c2ccc(Cl)cc2)CC1.[HH]. The van der Waals surface area contributed by atoms with E-state index in [2.05, 4.69) is 32.5 Å². The maximum atomic E-state index is 12.2. The Bertz CT molecular complexity index is 1260. The summed E-state index contributed by atoms with van der Waals surface area (Å²) in [6.45, 7) is 9.41. The van der Waals surface area contributed by atoms with E-state index in [0.717, 1.165) is 60.2 Å². The standard InChI is InChI=1S/C28H30Cl2N4O3.H2/c1-19-15-21(18-31-32-28(36)22-3-8-26(35)25(30)17-22)16-20(2)27(19)37-14-13-33-9-11-34(12-10-33)24-6-4-23(29)5-7-24;/h3-8,15-18,35H,9-14H2,1-2H3,(H,32,36);1H/b31-18+;. The second kappa shape index (κ2) is 12.3. The van der Waals surface area contributed by atoms with Crippen LogP contribution in [-0.2, 0) is 0 Å². The zero-order chi connectivity index (χ0) is 26.4. The molecule has 0 aromatic heterocycles. The first kappa shape index (κ1) is 26.8. The molecule has 4 rings (SSSR count). The molecular weight excluding hydrogens is 511 g/mol. The third-order valence-electron chi connectivity index (χ3n) is 6.29. The van der Waals surface area contributed by atoms with Gasteiger partial charge in [-0.05, 0) is 85.1 Å². The number of anilines is 1. The lowest BCUT2D eigenvalue weighted by atomic mass is 10.1. The Labute approximate surface area is 228 Å². The zero-order valence-electron chi connectivity index (χ0n) is 20.9. The fraction of sp³-hybridized carbons (Fsp3) is 0.286. The molecule has 0 bridgehead atoms. The van der Waals surface area contributed by atoms with Gasteiger partial charge >= 0.3 is 0 Å². The van der Waals surface area contributed by atoms with Gasteiger partial charge in [-0.15, -0.1) is 0 Å². The largest absolute Gasteiger partial charge is 0.506 e. The van der Waals surface area contributed by atoms with Crippen molar-refractivity contribution < 1.29 is 16.1 Å². The number of rotatable bonds is 8. The fourth-order valence-corrected chi connectivity index (χ4v) is 4.63. The molecule has 0 radical (unpaired) electrons. The van der Waals surface area contributed by atoms with E-state index in [9.17, 15) is 9.90 Å². The minimum atomic E-state index is -0.416. The molecule has 0 atom stereocenters. The summed E-state index contributed by atoms with van der Waals surface area (Å²) in [6.07, 6.45) is 1.59. The van der Waals surface area contributed by atoms with Crippen molar-refractivity contribution in [2.24, 2.45) is 5.10 Å². The van der Waals surface area contributed by atoms with Crippen molar-refractivity contribution in [2.75, 3.05) is 44.2 Å². The van der Waals surface area contributed by atoms with Gasteiger partial charge in [0, 0.05) is 50.4 Å². The van der Waals surface area contributed by atoms with Crippen LogP contribution in [-0.4, -0.2) is 61.5 Å². The Morgan fingerprint density at radius 1 is 1.05 bits per heavy atom. The fourth-order valence-electron chi connectivity index (χ4n) is 4.32. The van der Waals surface area contributed by atoms with Crippen molar-refractivity contribution in [3.05, 3.63) is 86.9 Å². The average Bonchev–Trinajstić information content (AvgIpc) is 2.88. The Balaban J connectivity index is 0.00000400. The number of benzene rings is 3. The molecule has 1 amide bonds. The second-order valence-corrected chi connectivity index (χ2v) is 9.85. The Kier molecular flexibility index (Phi) is 8.92. The summed E-state index contributed by atoms with van der Waals surface area (Å²) in [4.78, 5) is 17.0. The van der Waals surface area contributed by atoms with Crippen LogP contribution in [0.15, 0.2) is 59.7 Å². The number of nitrogens with zero attached hydrogens (tertiary/aromatic N) is 3. The van der Waals surface area contributed by atoms with E-state index >= 15 is 0 Å². The predicted octanol–water partition coefficient (Wildman–Crippen LogP) is 5.53. The van der Waals surface area contributed by atoms with Gasteiger partial charge in [-0.3, -0.25) is 9.69 Å². The highest BCUT2D eigenvalue weighted by Crippen LogP contribution is 2.25. The lowest BCUT2D eigenvalue weighted by molar-refractivity contribution is 0.0955. The third kappa shape index (κ3) is 7.16. The number of phenols is 1. The molecule has 0 saturated carbocycles. The smallest absolute Gasteiger partial charge is 0.271 e. The second-order valence-electron chi connectivity index (χ2n) is 9.00. The van der Waals surface area contributed by atoms with Crippen molar-refractivity contribution in [2.45, 2.75) is 13.8 Å². The Hall–Kier alpha value is -3.26. The van der Waals surface area contributed by atoms with Gasteiger partial charge in [0.25, 0.3) is 5.91 Å². The van der Waals surface area contributed by atoms with Crippen LogP contribution >= 0.6 is 23.2 Å². The van der Waals surface area contributed by atoms with E-state index in [1.807, 2.05) is 38.1 Å². The quantitative estimate of drug-likeness (QED) is 0.289. The van der Waals surface area contributed by atoms with Crippen LogP contribution in [0.2, 0.25) is 10.0 Å². The number of hydrogen-bond acceptors (Lipinski definition) is 6. The highest BCUT2D eigenvalue weighted by Gasteiger charge is 2.17. The van der Waals surface area contributed by atoms with Crippen LogP contribution in [0, 0.1) is 13.8 Å². The van der Waals surface area contributed by atoms with Gasteiger partial charge in [0.15, 0.2) is 0 Å². The van der Waals surface area contributed by atoms with Crippen LogP contribution in [0.4, 0.5) is 5.69 Å². The van der Waals surface area contributed by atoms with Gasteiger partial charge < -0.3 is 14.7 Å². The molecule has 9 heteroatoms. The van der Waals surface area contributed by atoms with Gasteiger partial charge in [0.1, 0.15) is 18.1 Å². The van der Waals surface area contributed by atoms with Crippen LogP contribution < -0.4 is 15.1 Å². The van der Waals surface area contributed by atoms with E-state index in [0.29, 0.717) is 12.2 Å². The van der Waals surface area contributed by atoms with Crippen molar-refractivity contribution in [1.82, 2.24) is 10.3 Å². The van der Waals surface area contributed by atoms with Crippen molar-refractivity contribution in [1.29, 1.82) is 0 Å². The van der Waals surface area contributed by atoms with Gasteiger partial charge in [-0.25, -0.2) is 5.43 Å². The van der Waals surface area contributed by atoms with Gasteiger partial charge in [-0.1, -0.05) is 23.2 Å². The highest BCUT2D eigenvalue weighted by molar-refractivity contribution is 6.32. The van der Waals surface area contributed by atoms with E-state index in [-0.39, 0.29) is 12.2 Å². The number of nitrogens with one attached hydrogen (secondary N) is 1. The summed E-state index contributed by atoms with van der Waals surface area (Å²) in [5, 5.41) is 14.4. The third-order valence-corrected chi connectivity index (χ3v) is 6.84. The summed E-state index contributed by atoms with van der Waals surface area (Å²) in [7, 11) is 0. The molecule has 196 valence electrons. The van der Waals surface area contributed by atoms with Gasteiger partial charge in [0.05, 0.1) is 11.2 Å². The van der Waals surface area contributed by atoms with Crippen LogP contribution in [0.1, 0.15) is 28.5 Å². The van der Waals surface area contributed by atoms with E-state index < -0.39 is 5.91 Å². The predicted molar refractivity (Wildman–Crippen MR) is 152 cm³/mol. The number of ether oxygens (including phenoxy) is 1. The highest BCUT2D eigenvalue weighted by atomic mass is 35.5. The molecule has 7 nitrogen and oxygen atoms in total. The molecule has 1 aliphatic heterocycles. The first-order chi connectivity index (χ1) is 17.8. The van der Waals surface area contributed by atoms with Crippen LogP contribution in [0.5, 0.6) is 11.5 Å². The van der Waals surface area contributed by atoms with Crippen molar-refractivity contribution in [3.63, 3.8) is 0 Å². The number of halogens is 2. The molecule has 3 aromatic carbocycles. The minimum absolute atomic E-state index is 0. The van der Waals surface area contributed by atoms with Crippen molar-refractivity contribution in [3.8, 4) is 11.5 Å². The van der Waals surface area contributed by atoms with Crippen LogP contribution in [0.3, 0.4) is 0 Å². The number of amides is 1. The Morgan fingerprint density at radius 3 is 2.38 bits per heavy atom. The normalized spacial score (nSPS) is 14.2. The van der Waals surface area contributed by atoms with Crippen molar-refractivity contribution >= 4 is 41.0 Å². The maximum absolute atomic E-state index is 12.2. The molecule has 37 heavy (non-hydrogen) atoms. The Morgan fingerprint density at radius 2 is 1.73 bits per heavy atom. The number of aromatic hydroxyl groups is 1. The molecule has 1 aliphatic rings. The summed E-state index contributed by atoms with van der Waals surface area (Å²) < 4.78 is 6.15. The topological polar surface area (TPSA) is 77.4 Å². The number of hydrazone groups is 1. The van der Waals surface area contributed by atoms with E-state index in [1.165, 1.54) is 23.9 Å². The molecule has 0 spiro atoms. The van der Waals surface area contributed by atoms with E-state index in [4.69, 9.17) is 27.9 Å². The maximum Gasteiger partial charge on any atom is 0.271 e. The summed E-state index contributed by atoms with van der Waals surface area (Å²) in [5.41, 5.74) is 6.86. The van der Waals surface area contributed by atoms with Gasteiger partial charge in [-0.2, -0.15) is 5.10 Å². The molecule has 1 saturated heterocycles. The number of aryl methyl sites for hydroxylation is 2.